The molecule has 0 fully saturated rings. The van der Waals surface area contributed by atoms with E-state index in [9.17, 15) is 19.8 Å². The average Bonchev–Trinajstić information content (AvgIpc) is 3.28. The molecule has 0 saturated carbocycles. The Kier molecular flexibility index (Phi) is 52.0. The number of hydrogen-bond acceptors (Lipinski definition) is 5. The maximum atomic E-state index is 12.4. The van der Waals surface area contributed by atoms with Crippen LogP contribution in [0.15, 0.2) is 12.2 Å². The van der Waals surface area contributed by atoms with Crippen molar-refractivity contribution in [3.63, 3.8) is 0 Å². The number of amides is 1. The van der Waals surface area contributed by atoms with Crippen LogP contribution in [-0.4, -0.2) is 47.4 Å². The fourth-order valence-electron chi connectivity index (χ4n) is 8.93. The minimum Gasteiger partial charge on any atom is -0.466 e. The van der Waals surface area contributed by atoms with E-state index in [1.165, 1.54) is 250 Å². The zero-order valence-electron chi connectivity index (χ0n) is 42.6. The largest absolute Gasteiger partial charge is 0.466 e. The van der Waals surface area contributed by atoms with E-state index >= 15 is 0 Å². The Morgan fingerprint density at radius 1 is 0.429 bits per heavy atom. The van der Waals surface area contributed by atoms with E-state index in [2.05, 4.69) is 19.2 Å². The second-order valence-electron chi connectivity index (χ2n) is 19.6. The summed E-state index contributed by atoms with van der Waals surface area (Å²) in [6, 6.07) is -0.627. The molecule has 0 aromatic rings. The summed E-state index contributed by atoms with van der Waals surface area (Å²) in [5, 5.41) is 23.0. The summed E-state index contributed by atoms with van der Waals surface area (Å²) in [7, 11) is 0. The van der Waals surface area contributed by atoms with Crippen molar-refractivity contribution >= 4 is 11.9 Å². The molecule has 0 radical (unpaired) electrons. The van der Waals surface area contributed by atoms with E-state index in [-0.39, 0.29) is 18.5 Å². The Balaban J connectivity index is 3.38. The summed E-state index contributed by atoms with van der Waals surface area (Å²) < 4.78 is 5.49. The Bertz CT molecular complexity index is 939. The summed E-state index contributed by atoms with van der Waals surface area (Å²) in [5.74, 6) is -0.0590. The lowest BCUT2D eigenvalue weighted by atomic mass is 10.0. The Morgan fingerprint density at radius 2 is 0.730 bits per heavy atom. The van der Waals surface area contributed by atoms with Crippen LogP contribution >= 0.6 is 0 Å². The van der Waals surface area contributed by atoms with Crippen molar-refractivity contribution in [2.45, 2.75) is 328 Å². The fraction of sp³-hybridized carbons (Fsp3) is 0.930. The number of nitrogens with one attached hydrogen (secondary N) is 1. The molecule has 0 aliphatic carbocycles. The number of allylic oxidation sites excluding steroid dienone is 1. The summed E-state index contributed by atoms with van der Waals surface area (Å²) >= 11 is 0. The number of aliphatic hydroxyl groups is 2. The quantitative estimate of drug-likeness (QED) is 0.0321. The first-order valence-electron chi connectivity index (χ1n) is 28.5. The molecule has 0 aliphatic heterocycles. The van der Waals surface area contributed by atoms with Gasteiger partial charge in [0, 0.05) is 12.8 Å². The maximum Gasteiger partial charge on any atom is 0.305 e. The van der Waals surface area contributed by atoms with E-state index in [0.717, 1.165) is 38.5 Å². The van der Waals surface area contributed by atoms with Crippen molar-refractivity contribution in [3.8, 4) is 0 Å². The maximum absolute atomic E-state index is 12.4. The summed E-state index contributed by atoms with van der Waals surface area (Å²) in [6.45, 7) is 4.90. The molecule has 6 nitrogen and oxygen atoms in total. The number of carbonyl (C=O) groups excluding carboxylic acids is 2. The Morgan fingerprint density at radius 3 is 1.08 bits per heavy atom. The minimum atomic E-state index is -0.844. The van der Waals surface area contributed by atoms with Gasteiger partial charge in [0.2, 0.25) is 5.91 Å². The standard InChI is InChI=1S/C57H111NO5/c1-3-5-7-9-11-13-15-16-17-24-27-31-35-39-43-47-51-57(62)63-52-48-44-40-36-32-28-25-22-20-18-19-21-23-26-30-34-38-42-46-50-56(61)58-54(53-59)55(60)49-45-41-37-33-29-14-12-10-8-6-4-2/h45,49,54-55,59-60H,3-44,46-48,50-53H2,1-2H3,(H,58,61)/b49-45+. The minimum absolute atomic E-state index is 0.0119. The third-order valence-electron chi connectivity index (χ3n) is 13.3. The predicted molar refractivity (Wildman–Crippen MR) is 273 cm³/mol. The van der Waals surface area contributed by atoms with Gasteiger partial charge in [-0.25, -0.2) is 0 Å². The van der Waals surface area contributed by atoms with Gasteiger partial charge in [-0.2, -0.15) is 0 Å². The van der Waals surface area contributed by atoms with Crippen LogP contribution in [0.25, 0.3) is 0 Å². The third kappa shape index (κ3) is 49.9. The molecule has 0 spiro atoms. The van der Waals surface area contributed by atoms with E-state index in [1.54, 1.807) is 6.08 Å². The van der Waals surface area contributed by atoms with Crippen molar-refractivity contribution in [1.29, 1.82) is 0 Å². The van der Waals surface area contributed by atoms with Gasteiger partial charge >= 0.3 is 5.97 Å². The van der Waals surface area contributed by atoms with Gasteiger partial charge in [0.25, 0.3) is 0 Å². The van der Waals surface area contributed by atoms with Crippen LogP contribution in [-0.2, 0) is 14.3 Å². The Labute approximate surface area is 393 Å². The molecule has 6 heteroatoms. The second kappa shape index (κ2) is 53.2. The van der Waals surface area contributed by atoms with Crippen molar-refractivity contribution in [3.05, 3.63) is 12.2 Å². The number of carbonyl (C=O) groups is 2. The van der Waals surface area contributed by atoms with E-state index in [4.69, 9.17) is 4.74 Å². The van der Waals surface area contributed by atoms with Gasteiger partial charge in [-0.3, -0.25) is 9.59 Å². The molecule has 2 atom stereocenters. The molecule has 0 aromatic heterocycles. The van der Waals surface area contributed by atoms with Crippen molar-refractivity contribution < 1.29 is 24.5 Å². The monoisotopic (exact) mass is 890 g/mol. The molecule has 2 unspecified atom stereocenters. The van der Waals surface area contributed by atoms with Gasteiger partial charge < -0.3 is 20.3 Å². The zero-order chi connectivity index (χ0) is 45.8. The van der Waals surface area contributed by atoms with Crippen LogP contribution < -0.4 is 5.32 Å². The van der Waals surface area contributed by atoms with Crippen LogP contribution in [0.1, 0.15) is 316 Å². The molecule has 1 amide bonds. The van der Waals surface area contributed by atoms with Gasteiger partial charge in [-0.05, 0) is 32.1 Å². The lowest BCUT2D eigenvalue weighted by Crippen LogP contribution is -2.45. The lowest BCUT2D eigenvalue weighted by Gasteiger charge is -2.20. The lowest BCUT2D eigenvalue weighted by molar-refractivity contribution is -0.143. The van der Waals surface area contributed by atoms with E-state index in [1.807, 2.05) is 6.08 Å². The SMILES string of the molecule is CCCCCCCCCCC/C=C/C(O)C(CO)NC(=O)CCCCCCCCCCCCCCCCCCCCCOC(=O)CCCCCCCCCCCCCCCCCC. The topological polar surface area (TPSA) is 95.9 Å². The predicted octanol–water partition coefficient (Wildman–Crippen LogP) is 17.3. The molecule has 63 heavy (non-hydrogen) atoms. The van der Waals surface area contributed by atoms with Crippen LogP contribution in [0, 0.1) is 0 Å². The van der Waals surface area contributed by atoms with Gasteiger partial charge in [0.05, 0.1) is 25.4 Å². The first-order chi connectivity index (χ1) is 31.0. The molecule has 374 valence electrons. The molecule has 0 aliphatic rings. The second-order valence-corrected chi connectivity index (χ2v) is 19.6. The van der Waals surface area contributed by atoms with Crippen LogP contribution in [0.2, 0.25) is 0 Å². The van der Waals surface area contributed by atoms with Crippen molar-refractivity contribution in [1.82, 2.24) is 5.32 Å². The van der Waals surface area contributed by atoms with Crippen LogP contribution in [0.3, 0.4) is 0 Å². The number of rotatable bonds is 53. The Hall–Kier alpha value is -1.40. The van der Waals surface area contributed by atoms with Crippen LogP contribution in [0.4, 0.5) is 0 Å². The highest BCUT2D eigenvalue weighted by Gasteiger charge is 2.18. The third-order valence-corrected chi connectivity index (χ3v) is 13.3. The number of aliphatic hydroxyl groups excluding tert-OH is 2. The normalized spacial score (nSPS) is 12.6. The number of ether oxygens (including phenoxy) is 1. The molecular weight excluding hydrogens is 779 g/mol. The van der Waals surface area contributed by atoms with Gasteiger partial charge in [0.1, 0.15) is 0 Å². The molecule has 0 heterocycles. The molecule has 0 bridgehead atoms. The van der Waals surface area contributed by atoms with Crippen LogP contribution in [0.5, 0.6) is 0 Å². The van der Waals surface area contributed by atoms with Crippen molar-refractivity contribution in [2.24, 2.45) is 0 Å². The number of unbranched alkanes of at least 4 members (excludes halogenated alkanes) is 42. The summed E-state index contributed by atoms with van der Waals surface area (Å²) in [6.07, 6.45) is 62.3. The number of esters is 1. The smallest absolute Gasteiger partial charge is 0.305 e. The molecule has 0 saturated heterocycles. The molecule has 3 N–H and O–H groups in total. The molecule has 0 rings (SSSR count). The summed E-state index contributed by atoms with van der Waals surface area (Å²) in [4.78, 5) is 24.5. The first kappa shape index (κ1) is 61.6. The highest BCUT2D eigenvalue weighted by molar-refractivity contribution is 5.76. The van der Waals surface area contributed by atoms with E-state index in [0.29, 0.717) is 19.4 Å². The van der Waals surface area contributed by atoms with E-state index < -0.39 is 12.1 Å². The fourth-order valence-corrected chi connectivity index (χ4v) is 8.93. The van der Waals surface area contributed by atoms with Gasteiger partial charge in [-0.15, -0.1) is 0 Å². The van der Waals surface area contributed by atoms with Gasteiger partial charge in [0.15, 0.2) is 0 Å². The average molecular weight is 891 g/mol. The molecular formula is C57H111NO5. The van der Waals surface area contributed by atoms with Gasteiger partial charge in [-0.1, -0.05) is 283 Å². The summed E-state index contributed by atoms with van der Waals surface area (Å²) in [5.41, 5.74) is 0. The highest BCUT2D eigenvalue weighted by Crippen LogP contribution is 2.17. The van der Waals surface area contributed by atoms with Crippen molar-refractivity contribution in [2.75, 3.05) is 13.2 Å². The molecule has 0 aromatic carbocycles. The zero-order valence-corrected chi connectivity index (χ0v) is 42.6. The first-order valence-corrected chi connectivity index (χ1v) is 28.5. The highest BCUT2D eigenvalue weighted by atomic mass is 16.5. The number of hydrogen-bond donors (Lipinski definition) is 3.